The van der Waals surface area contributed by atoms with Gasteiger partial charge in [-0.2, -0.15) is 0 Å². The van der Waals surface area contributed by atoms with E-state index in [0.717, 1.165) is 0 Å². The summed E-state index contributed by atoms with van der Waals surface area (Å²) < 4.78 is 4.31. The van der Waals surface area contributed by atoms with Crippen LogP contribution in [0.2, 0.25) is 0 Å². The predicted octanol–water partition coefficient (Wildman–Crippen LogP) is 3.11. The molecule has 0 fully saturated rings. The molecule has 0 heterocycles. The van der Waals surface area contributed by atoms with E-state index in [9.17, 15) is 0 Å². The Morgan fingerprint density at radius 2 is 1.67 bits per heavy atom. The van der Waals surface area contributed by atoms with Crippen LogP contribution >= 0.6 is 0 Å². The van der Waals surface area contributed by atoms with Crippen LogP contribution in [0.5, 0.6) is 0 Å². The topological polar surface area (TPSA) is 9.23 Å². The third kappa shape index (κ3) is 5.30. The van der Waals surface area contributed by atoms with Crippen molar-refractivity contribution >= 4 is 6.08 Å². The molecular formula is C11H14O. The van der Waals surface area contributed by atoms with Gasteiger partial charge >= 0.3 is 0 Å². The normalized spacial score (nSPS) is 7.42. The maximum atomic E-state index is 4.31. The first-order chi connectivity index (χ1) is 5.85. The lowest BCUT2D eigenvalue weighted by Crippen LogP contribution is -1.63. The van der Waals surface area contributed by atoms with Gasteiger partial charge in [0.2, 0.25) is 0 Å². The molecule has 0 saturated carbocycles. The number of hydrogen-bond donors (Lipinski definition) is 0. The summed E-state index contributed by atoms with van der Waals surface area (Å²) in [4.78, 5) is 0. The average Bonchev–Trinajstić information content (AvgIpc) is 2.19. The van der Waals surface area contributed by atoms with Crippen LogP contribution in [0.1, 0.15) is 5.56 Å². The second-order valence-corrected chi connectivity index (χ2v) is 2.02. The highest BCUT2D eigenvalue weighted by molar-refractivity contribution is 5.45. The van der Waals surface area contributed by atoms with E-state index in [-0.39, 0.29) is 0 Å². The van der Waals surface area contributed by atoms with Crippen LogP contribution in [0.4, 0.5) is 0 Å². The fourth-order valence-corrected chi connectivity index (χ4v) is 0.589. The molecule has 0 bridgehead atoms. The monoisotopic (exact) mass is 162 g/mol. The van der Waals surface area contributed by atoms with E-state index >= 15 is 0 Å². The SMILES string of the molecule is C=COC.C=Cc1ccccc1. The summed E-state index contributed by atoms with van der Waals surface area (Å²) in [6, 6.07) is 10.0. The maximum Gasteiger partial charge on any atom is 0.0766 e. The molecular weight excluding hydrogens is 148 g/mol. The zero-order chi connectivity index (χ0) is 9.23. The Balaban J connectivity index is 0.000000261. The minimum Gasteiger partial charge on any atom is -0.505 e. The van der Waals surface area contributed by atoms with Crippen LogP contribution in [-0.4, -0.2) is 7.11 Å². The van der Waals surface area contributed by atoms with Gasteiger partial charge in [-0.15, -0.1) is 0 Å². The maximum absolute atomic E-state index is 4.31. The standard InChI is InChI=1S/C8H8.C3H6O/c1-2-8-6-4-3-5-7-8;1-3-4-2/h2-7H,1H2;3H,1H2,2H3. The molecule has 0 unspecified atom stereocenters. The Morgan fingerprint density at radius 1 is 1.17 bits per heavy atom. The molecule has 0 aromatic heterocycles. The summed E-state index contributed by atoms with van der Waals surface area (Å²) >= 11 is 0. The summed E-state index contributed by atoms with van der Waals surface area (Å²) in [5.74, 6) is 0. The van der Waals surface area contributed by atoms with Crippen molar-refractivity contribution in [2.24, 2.45) is 0 Å². The fraction of sp³-hybridized carbons (Fsp3) is 0.0909. The van der Waals surface area contributed by atoms with Gasteiger partial charge in [-0.3, -0.25) is 0 Å². The van der Waals surface area contributed by atoms with E-state index in [1.165, 1.54) is 11.8 Å². The molecule has 0 spiro atoms. The number of methoxy groups -OCH3 is 1. The second-order valence-electron chi connectivity index (χ2n) is 2.02. The van der Waals surface area contributed by atoms with Crippen LogP contribution in [0.3, 0.4) is 0 Å². The zero-order valence-electron chi connectivity index (χ0n) is 7.36. The van der Waals surface area contributed by atoms with E-state index in [1.54, 1.807) is 7.11 Å². The van der Waals surface area contributed by atoms with Crippen molar-refractivity contribution in [3.8, 4) is 0 Å². The first-order valence-electron chi connectivity index (χ1n) is 3.66. The van der Waals surface area contributed by atoms with Crippen molar-refractivity contribution in [1.29, 1.82) is 0 Å². The second kappa shape index (κ2) is 7.61. The highest BCUT2D eigenvalue weighted by Crippen LogP contribution is 1.97. The minimum absolute atomic E-state index is 1.17. The van der Waals surface area contributed by atoms with E-state index < -0.39 is 0 Å². The summed E-state index contributed by atoms with van der Waals surface area (Å²) in [6.45, 7) is 6.89. The predicted molar refractivity (Wildman–Crippen MR) is 53.7 cm³/mol. The quantitative estimate of drug-likeness (QED) is 0.607. The molecule has 1 aromatic rings. The molecule has 1 nitrogen and oxygen atoms in total. The number of benzene rings is 1. The van der Waals surface area contributed by atoms with Gasteiger partial charge in [0.15, 0.2) is 0 Å². The summed E-state index contributed by atoms with van der Waals surface area (Å²) in [5.41, 5.74) is 1.17. The largest absolute Gasteiger partial charge is 0.505 e. The van der Waals surface area contributed by atoms with E-state index in [4.69, 9.17) is 0 Å². The minimum atomic E-state index is 1.17. The van der Waals surface area contributed by atoms with Gasteiger partial charge in [0.1, 0.15) is 0 Å². The lowest BCUT2D eigenvalue weighted by Gasteiger charge is -1.85. The van der Waals surface area contributed by atoms with Crippen LogP contribution in [0.15, 0.2) is 49.8 Å². The van der Waals surface area contributed by atoms with Crippen LogP contribution < -0.4 is 0 Å². The first kappa shape index (κ1) is 10.5. The molecule has 0 saturated heterocycles. The van der Waals surface area contributed by atoms with Gasteiger partial charge in [0.05, 0.1) is 13.4 Å². The lowest BCUT2D eigenvalue weighted by atomic mass is 10.2. The van der Waals surface area contributed by atoms with Gasteiger partial charge in [-0.25, -0.2) is 0 Å². The smallest absolute Gasteiger partial charge is 0.0766 e. The van der Waals surface area contributed by atoms with Gasteiger partial charge in [0.25, 0.3) is 0 Å². The van der Waals surface area contributed by atoms with Crippen molar-refractivity contribution in [3.63, 3.8) is 0 Å². The van der Waals surface area contributed by atoms with Crippen molar-refractivity contribution in [2.75, 3.05) is 7.11 Å². The molecule has 0 N–H and O–H groups in total. The van der Waals surface area contributed by atoms with Gasteiger partial charge in [-0.1, -0.05) is 49.6 Å². The Bertz CT molecular complexity index is 214. The number of ether oxygens (including phenoxy) is 1. The Kier molecular flexibility index (Phi) is 6.65. The molecule has 1 aromatic carbocycles. The molecule has 0 aliphatic carbocycles. The summed E-state index contributed by atoms with van der Waals surface area (Å²) in [5, 5.41) is 0. The molecule has 1 heteroatoms. The Hall–Kier alpha value is -1.50. The Labute approximate surface area is 74.0 Å². The molecule has 0 aliphatic heterocycles. The van der Waals surface area contributed by atoms with Crippen molar-refractivity contribution < 1.29 is 4.74 Å². The van der Waals surface area contributed by atoms with Crippen LogP contribution in [-0.2, 0) is 4.74 Å². The van der Waals surface area contributed by atoms with Crippen LogP contribution in [0.25, 0.3) is 6.08 Å². The highest BCUT2D eigenvalue weighted by atomic mass is 16.5. The Morgan fingerprint density at radius 3 is 1.92 bits per heavy atom. The first-order valence-corrected chi connectivity index (χ1v) is 3.66. The van der Waals surface area contributed by atoms with E-state index in [2.05, 4.69) is 17.9 Å². The van der Waals surface area contributed by atoms with Gasteiger partial charge in [-0.05, 0) is 5.56 Å². The molecule has 0 amide bonds. The van der Waals surface area contributed by atoms with E-state index in [0.29, 0.717) is 0 Å². The molecule has 12 heavy (non-hydrogen) atoms. The number of hydrogen-bond acceptors (Lipinski definition) is 1. The average molecular weight is 162 g/mol. The lowest BCUT2D eigenvalue weighted by molar-refractivity contribution is 0.339. The molecule has 1 rings (SSSR count). The van der Waals surface area contributed by atoms with Crippen molar-refractivity contribution in [3.05, 3.63) is 55.3 Å². The number of rotatable bonds is 2. The molecule has 0 radical (unpaired) electrons. The molecule has 64 valence electrons. The van der Waals surface area contributed by atoms with Gasteiger partial charge < -0.3 is 4.74 Å². The van der Waals surface area contributed by atoms with E-state index in [1.807, 2.05) is 36.4 Å². The summed E-state index contributed by atoms with van der Waals surface area (Å²) in [6.07, 6.45) is 3.21. The molecule has 0 atom stereocenters. The molecule has 0 aliphatic rings. The summed E-state index contributed by atoms with van der Waals surface area (Å²) in [7, 11) is 1.56. The highest BCUT2D eigenvalue weighted by Gasteiger charge is 1.75. The van der Waals surface area contributed by atoms with Crippen molar-refractivity contribution in [2.45, 2.75) is 0 Å². The third-order valence-electron chi connectivity index (χ3n) is 1.20. The van der Waals surface area contributed by atoms with Gasteiger partial charge in [0, 0.05) is 0 Å². The fourth-order valence-electron chi connectivity index (χ4n) is 0.589. The van der Waals surface area contributed by atoms with Crippen LogP contribution in [0, 0.1) is 0 Å². The third-order valence-corrected chi connectivity index (χ3v) is 1.20. The van der Waals surface area contributed by atoms with Crippen molar-refractivity contribution in [1.82, 2.24) is 0 Å². The zero-order valence-corrected chi connectivity index (χ0v) is 7.36.